The molecule has 0 radical (unpaired) electrons. The molecule has 0 bridgehead atoms. The minimum atomic E-state index is -0.264. The molecule has 11 rings (SSSR count). The molecule has 0 spiro atoms. The van der Waals surface area contributed by atoms with Gasteiger partial charge in [0, 0.05) is 33.2 Å². The van der Waals surface area contributed by atoms with Gasteiger partial charge in [-0.2, -0.15) is 0 Å². The summed E-state index contributed by atoms with van der Waals surface area (Å²) in [5.74, 6) is 0. The Hall–Kier alpha value is -7.16. The van der Waals surface area contributed by atoms with Crippen LogP contribution in [0.5, 0.6) is 0 Å². The molecule has 1 atom stereocenters. The molecule has 0 N–H and O–H groups in total. The predicted molar refractivity (Wildman–Crippen MR) is 234 cm³/mol. The minimum Gasteiger partial charge on any atom is -0.456 e. The monoisotopic (exact) mass is 715 g/mol. The second-order valence-electron chi connectivity index (χ2n) is 15.0. The van der Waals surface area contributed by atoms with Gasteiger partial charge in [0.2, 0.25) is 0 Å². The molecule has 0 saturated carbocycles. The average molecular weight is 716 g/mol. The molecule has 56 heavy (non-hydrogen) atoms. The molecule has 2 nitrogen and oxygen atoms in total. The van der Waals surface area contributed by atoms with E-state index in [9.17, 15) is 0 Å². The molecule has 10 aromatic rings. The maximum atomic E-state index is 6.25. The average Bonchev–Trinajstić information content (AvgIpc) is 3.77. The van der Waals surface area contributed by atoms with Crippen molar-refractivity contribution < 1.29 is 4.42 Å². The lowest BCUT2D eigenvalue weighted by Gasteiger charge is -2.29. The van der Waals surface area contributed by atoms with Crippen molar-refractivity contribution in [2.75, 3.05) is 4.90 Å². The summed E-state index contributed by atoms with van der Waals surface area (Å²) < 4.78 is 6.25. The summed E-state index contributed by atoms with van der Waals surface area (Å²) in [5, 5.41) is 4.73. The number of hydrogen-bond acceptors (Lipinski definition) is 2. The summed E-state index contributed by atoms with van der Waals surface area (Å²) >= 11 is 0. The van der Waals surface area contributed by atoms with E-state index in [0.29, 0.717) is 0 Å². The van der Waals surface area contributed by atoms with Crippen LogP contribution in [0.1, 0.15) is 23.6 Å². The van der Waals surface area contributed by atoms with Gasteiger partial charge in [0.1, 0.15) is 11.2 Å². The molecule has 0 amide bonds. The van der Waals surface area contributed by atoms with E-state index in [1.54, 1.807) is 0 Å². The lowest BCUT2D eigenvalue weighted by molar-refractivity contribution is 0.669. The predicted octanol–water partition coefficient (Wildman–Crippen LogP) is 14.9. The van der Waals surface area contributed by atoms with Gasteiger partial charge in [-0.1, -0.05) is 152 Å². The van der Waals surface area contributed by atoms with Crippen LogP contribution in [0.25, 0.3) is 66.1 Å². The quantitative estimate of drug-likeness (QED) is 0.170. The van der Waals surface area contributed by atoms with Crippen molar-refractivity contribution in [1.82, 2.24) is 0 Å². The summed E-state index contributed by atoms with van der Waals surface area (Å²) in [7, 11) is 0. The van der Waals surface area contributed by atoms with Crippen LogP contribution < -0.4 is 4.90 Å². The smallest absolute Gasteiger partial charge is 0.135 e. The number of hydrogen-bond donors (Lipinski definition) is 0. The van der Waals surface area contributed by atoms with Gasteiger partial charge in [-0.3, -0.25) is 0 Å². The summed E-state index contributed by atoms with van der Waals surface area (Å²) in [5.41, 5.74) is 16.1. The Morgan fingerprint density at radius 1 is 0.393 bits per heavy atom. The van der Waals surface area contributed by atoms with Crippen molar-refractivity contribution in [3.63, 3.8) is 0 Å². The van der Waals surface area contributed by atoms with Crippen LogP contribution in [0.4, 0.5) is 17.1 Å². The Balaban J connectivity index is 1.13. The fourth-order valence-corrected chi connectivity index (χ4v) is 9.22. The first-order valence-electron chi connectivity index (χ1n) is 19.3. The highest BCUT2D eigenvalue weighted by Gasteiger charge is 2.41. The molecule has 9 aromatic carbocycles. The highest BCUT2D eigenvalue weighted by molar-refractivity contribution is 6.08. The van der Waals surface area contributed by atoms with Gasteiger partial charge < -0.3 is 9.32 Å². The van der Waals surface area contributed by atoms with E-state index >= 15 is 0 Å². The Morgan fingerprint density at radius 2 is 1.05 bits per heavy atom. The third-order valence-electron chi connectivity index (χ3n) is 11.9. The van der Waals surface area contributed by atoms with Gasteiger partial charge in [-0.15, -0.1) is 0 Å². The van der Waals surface area contributed by atoms with E-state index in [0.717, 1.165) is 50.1 Å². The molecule has 1 heterocycles. The normalized spacial score (nSPS) is 14.6. The largest absolute Gasteiger partial charge is 0.456 e. The van der Waals surface area contributed by atoms with E-state index in [1.807, 2.05) is 12.1 Å². The minimum absolute atomic E-state index is 0.264. The van der Waals surface area contributed by atoms with Crippen LogP contribution in [-0.2, 0) is 5.41 Å². The number of anilines is 3. The zero-order valence-corrected chi connectivity index (χ0v) is 31.0. The third-order valence-corrected chi connectivity index (χ3v) is 11.9. The first-order valence-corrected chi connectivity index (χ1v) is 19.3. The second kappa shape index (κ2) is 12.7. The van der Waals surface area contributed by atoms with Crippen molar-refractivity contribution in [3.8, 4) is 33.4 Å². The highest BCUT2D eigenvalue weighted by Crippen LogP contribution is 2.55. The molecule has 1 aliphatic rings. The third kappa shape index (κ3) is 4.96. The standard InChI is InChI=1S/C54H37NO/c1-54(39-17-7-3-8-18-39)49-23-13-11-22-45(49)53-47-35-41(28-25-37(47)26-31-50(53)54)55(40-19-9-4-10-20-40)42-29-30-43(36-15-5-2-6-16-36)46(34-42)38-27-32-52-48(33-38)44-21-12-14-24-51(44)56-52/h2-35H,1H3. The first-order chi connectivity index (χ1) is 27.6. The van der Waals surface area contributed by atoms with E-state index in [1.165, 1.54) is 49.7 Å². The zero-order valence-electron chi connectivity index (χ0n) is 31.0. The lowest BCUT2D eigenvalue weighted by atomic mass is 9.74. The van der Waals surface area contributed by atoms with Gasteiger partial charge in [0.15, 0.2) is 0 Å². The van der Waals surface area contributed by atoms with Crippen LogP contribution in [-0.4, -0.2) is 0 Å². The van der Waals surface area contributed by atoms with E-state index in [2.05, 4.69) is 206 Å². The Bertz CT molecular complexity index is 3090. The van der Waals surface area contributed by atoms with Crippen molar-refractivity contribution in [1.29, 1.82) is 0 Å². The number of furan rings is 1. The van der Waals surface area contributed by atoms with E-state index in [4.69, 9.17) is 4.42 Å². The molecular formula is C54H37NO. The summed E-state index contributed by atoms with van der Waals surface area (Å²) in [6.07, 6.45) is 0. The SMILES string of the molecule is CC1(c2ccccc2)c2ccccc2-c2c1ccc1ccc(N(c3ccccc3)c3ccc(-c4ccccc4)c(-c4ccc5oc6ccccc6c5c4)c3)cc21. The van der Waals surface area contributed by atoms with Crippen LogP contribution in [0.3, 0.4) is 0 Å². The molecule has 264 valence electrons. The van der Waals surface area contributed by atoms with E-state index in [-0.39, 0.29) is 5.41 Å². The second-order valence-corrected chi connectivity index (χ2v) is 15.0. The van der Waals surface area contributed by atoms with Crippen LogP contribution in [0.2, 0.25) is 0 Å². The van der Waals surface area contributed by atoms with E-state index < -0.39 is 0 Å². The van der Waals surface area contributed by atoms with Crippen molar-refractivity contribution >= 4 is 49.8 Å². The molecule has 1 aromatic heterocycles. The molecule has 0 saturated heterocycles. The molecule has 0 fully saturated rings. The molecule has 0 aliphatic heterocycles. The summed E-state index contributed by atoms with van der Waals surface area (Å²) in [4.78, 5) is 2.40. The number of para-hydroxylation sites is 2. The van der Waals surface area contributed by atoms with Gasteiger partial charge in [-0.05, 0) is 122 Å². The van der Waals surface area contributed by atoms with Crippen LogP contribution >= 0.6 is 0 Å². The fraction of sp³-hybridized carbons (Fsp3) is 0.0370. The van der Waals surface area contributed by atoms with Crippen LogP contribution in [0, 0.1) is 0 Å². The molecule has 1 aliphatic carbocycles. The maximum absolute atomic E-state index is 6.25. The van der Waals surface area contributed by atoms with Gasteiger partial charge >= 0.3 is 0 Å². The number of nitrogens with zero attached hydrogens (tertiary/aromatic N) is 1. The maximum Gasteiger partial charge on any atom is 0.135 e. The summed E-state index contributed by atoms with van der Waals surface area (Å²) in [6.45, 7) is 2.39. The Kier molecular flexibility index (Phi) is 7.33. The highest BCUT2D eigenvalue weighted by atomic mass is 16.3. The number of fused-ring (bicyclic) bond motifs is 8. The van der Waals surface area contributed by atoms with Gasteiger partial charge in [0.05, 0.1) is 0 Å². The van der Waals surface area contributed by atoms with Crippen molar-refractivity contribution in [2.24, 2.45) is 0 Å². The number of rotatable bonds is 6. The van der Waals surface area contributed by atoms with Gasteiger partial charge in [-0.25, -0.2) is 0 Å². The Labute approximate surface area is 326 Å². The lowest BCUT2D eigenvalue weighted by Crippen LogP contribution is -2.22. The topological polar surface area (TPSA) is 16.4 Å². The summed E-state index contributed by atoms with van der Waals surface area (Å²) in [6, 6.07) is 74.8. The van der Waals surface area contributed by atoms with Gasteiger partial charge in [0.25, 0.3) is 0 Å². The Morgan fingerprint density at radius 3 is 1.89 bits per heavy atom. The molecule has 2 heteroatoms. The number of benzene rings is 9. The first kappa shape index (κ1) is 32.3. The zero-order chi connectivity index (χ0) is 37.2. The molecular weight excluding hydrogens is 679 g/mol. The molecule has 1 unspecified atom stereocenters. The fourth-order valence-electron chi connectivity index (χ4n) is 9.22. The van der Waals surface area contributed by atoms with Crippen molar-refractivity contribution in [2.45, 2.75) is 12.3 Å². The van der Waals surface area contributed by atoms with Crippen molar-refractivity contribution in [3.05, 3.63) is 223 Å². The van der Waals surface area contributed by atoms with Crippen LogP contribution in [0.15, 0.2) is 211 Å².